The molecular formula is C15H16N2OS. The van der Waals surface area contributed by atoms with Gasteiger partial charge in [0.1, 0.15) is 4.88 Å². The molecule has 3 nitrogen and oxygen atoms in total. The summed E-state index contributed by atoms with van der Waals surface area (Å²) in [4.78, 5) is 13.1. The van der Waals surface area contributed by atoms with Gasteiger partial charge >= 0.3 is 0 Å². The number of fused-ring (bicyclic) bond motifs is 1. The van der Waals surface area contributed by atoms with Crippen molar-refractivity contribution in [3.8, 4) is 0 Å². The standard InChI is InChI=1S/C15H16N2OS/c1-10-15(19-17-16-10)14(18)9-12-7-4-6-11-5-2-3-8-13(11)12/h2-3,5,8,12H,4,6-7,9H2,1H3. The Labute approximate surface area is 116 Å². The molecule has 3 rings (SSSR count). The third kappa shape index (κ3) is 2.45. The van der Waals surface area contributed by atoms with Crippen molar-refractivity contribution in [2.24, 2.45) is 0 Å². The number of carbonyl (C=O) groups is 1. The van der Waals surface area contributed by atoms with Crippen LogP contribution >= 0.6 is 11.5 Å². The average molecular weight is 272 g/mol. The number of rotatable bonds is 3. The number of ketones is 1. The van der Waals surface area contributed by atoms with E-state index in [-0.39, 0.29) is 5.78 Å². The zero-order chi connectivity index (χ0) is 13.2. The third-order valence-corrected chi connectivity index (χ3v) is 4.70. The number of nitrogens with zero attached hydrogens (tertiary/aromatic N) is 2. The fourth-order valence-corrected chi connectivity index (χ4v) is 3.47. The van der Waals surface area contributed by atoms with E-state index >= 15 is 0 Å². The van der Waals surface area contributed by atoms with Crippen LogP contribution in [0, 0.1) is 6.92 Å². The monoisotopic (exact) mass is 272 g/mol. The minimum absolute atomic E-state index is 0.189. The molecule has 19 heavy (non-hydrogen) atoms. The summed E-state index contributed by atoms with van der Waals surface area (Å²) in [5, 5.41) is 3.92. The molecule has 1 heterocycles. The van der Waals surface area contributed by atoms with Gasteiger partial charge in [-0.15, -0.1) is 5.10 Å². The van der Waals surface area contributed by atoms with Crippen molar-refractivity contribution >= 4 is 17.3 Å². The number of Topliss-reactive ketones (excluding diaryl/α,β-unsaturated/α-hetero) is 1. The molecule has 0 saturated carbocycles. The molecule has 1 atom stereocenters. The smallest absolute Gasteiger partial charge is 0.176 e. The lowest BCUT2D eigenvalue weighted by Crippen LogP contribution is -2.13. The topological polar surface area (TPSA) is 42.9 Å². The lowest BCUT2D eigenvalue weighted by Gasteiger charge is -2.24. The SMILES string of the molecule is Cc1nnsc1C(=O)CC1CCCc2ccccc21. The number of hydrogen-bond donors (Lipinski definition) is 0. The Morgan fingerprint density at radius 3 is 3.05 bits per heavy atom. The zero-order valence-corrected chi connectivity index (χ0v) is 11.7. The van der Waals surface area contributed by atoms with E-state index in [0.717, 1.165) is 23.4 Å². The number of aryl methyl sites for hydroxylation is 2. The van der Waals surface area contributed by atoms with Crippen molar-refractivity contribution in [3.63, 3.8) is 0 Å². The maximum absolute atomic E-state index is 12.3. The summed E-state index contributed by atoms with van der Waals surface area (Å²) in [6.07, 6.45) is 4.01. The summed E-state index contributed by atoms with van der Waals surface area (Å²) in [5.74, 6) is 0.549. The molecule has 0 saturated heterocycles. The Balaban J connectivity index is 1.82. The van der Waals surface area contributed by atoms with Crippen molar-refractivity contribution in [2.45, 2.75) is 38.5 Å². The van der Waals surface area contributed by atoms with Crippen LogP contribution in [0.25, 0.3) is 0 Å². The average Bonchev–Trinajstić information content (AvgIpc) is 2.85. The van der Waals surface area contributed by atoms with Gasteiger partial charge in [0.2, 0.25) is 0 Å². The Kier molecular flexibility index (Phi) is 3.42. The van der Waals surface area contributed by atoms with Gasteiger partial charge in [-0.2, -0.15) is 0 Å². The van der Waals surface area contributed by atoms with Crippen LogP contribution in [0.4, 0.5) is 0 Å². The number of aromatic nitrogens is 2. The number of benzene rings is 1. The lowest BCUT2D eigenvalue weighted by atomic mass is 9.80. The molecule has 1 aromatic carbocycles. The summed E-state index contributed by atoms with van der Waals surface area (Å²) in [6, 6.07) is 8.51. The Morgan fingerprint density at radius 2 is 2.26 bits per heavy atom. The first-order chi connectivity index (χ1) is 9.25. The van der Waals surface area contributed by atoms with Crippen molar-refractivity contribution in [2.75, 3.05) is 0 Å². The third-order valence-electron chi connectivity index (χ3n) is 3.83. The summed E-state index contributed by atoms with van der Waals surface area (Å²) < 4.78 is 3.85. The second-order valence-corrected chi connectivity index (χ2v) is 5.86. The molecule has 0 radical (unpaired) electrons. The summed E-state index contributed by atoms with van der Waals surface area (Å²) in [6.45, 7) is 1.85. The molecular weight excluding hydrogens is 256 g/mol. The first kappa shape index (κ1) is 12.5. The van der Waals surface area contributed by atoms with Crippen molar-refractivity contribution in [1.82, 2.24) is 9.59 Å². The highest BCUT2D eigenvalue weighted by molar-refractivity contribution is 7.08. The molecule has 0 amide bonds. The van der Waals surface area contributed by atoms with Crippen LogP contribution in [-0.2, 0) is 6.42 Å². The van der Waals surface area contributed by atoms with Crippen LogP contribution < -0.4 is 0 Å². The molecule has 1 aliphatic carbocycles. The number of carbonyl (C=O) groups excluding carboxylic acids is 1. The van der Waals surface area contributed by atoms with Crippen LogP contribution in [0.15, 0.2) is 24.3 Å². The molecule has 98 valence electrons. The van der Waals surface area contributed by atoms with Crippen LogP contribution in [0.3, 0.4) is 0 Å². The van der Waals surface area contributed by atoms with Gasteiger partial charge in [0, 0.05) is 6.42 Å². The summed E-state index contributed by atoms with van der Waals surface area (Å²) >= 11 is 1.22. The summed E-state index contributed by atoms with van der Waals surface area (Å²) in [5.41, 5.74) is 3.53. The molecule has 0 aliphatic heterocycles. The number of hydrogen-bond acceptors (Lipinski definition) is 4. The largest absolute Gasteiger partial charge is 0.293 e. The normalized spacial score (nSPS) is 18.1. The molecule has 0 bridgehead atoms. The zero-order valence-electron chi connectivity index (χ0n) is 10.9. The second-order valence-electron chi connectivity index (χ2n) is 5.10. The first-order valence-electron chi connectivity index (χ1n) is 6.65. The quantitative estimate of drug-likeness (QED) is 0.803. The van der Waals surface area contributed by atoms with E-state index in [1.807, 2.05) is 6.92 Å². The van der Waals surface area contributed by atoms with Crippen LogP contribution in [0.1, 0.15) is 51.7 Å². The van der Waals surface area contributed by atoms with Crippen molar-refractivity contribution < 1.29 is 4.79 Å². The van der Waals surface area contributed by atoms with Gasteiger partial charge in [0.05, 0.1) is 5.69 Å². The minimum Gasteiger partial charge on any atom is -0.293 e. The molecule has 0 N–H and O–H groups in total. The van der Waals surface area contributed by atoms with Gasteiger partial charge < -0.3 is 0 Å². The molecule has 1 unspecified atom stereocenters. The molecule has 4 heteroatoms. The van der Waals surface area contributed by atoms with E-state index in [0.29, 0.717) is 12.3 Å². The first-order valence-corrected chi connectivity index (χ1v) is 7.43. The highest BCUT2D eigenvalue weighted by Crippen LogP contribution is 2.35. The highest BCUT2D eigenvalue weighted by Gasteiger charge is 2.24. The van der Waals surface area contributed by atoms with Gasteiger partial charge in [-0.3, -0.25) is 4.79 Å². The second kappa shape index (κ2) is 5.21. The van der Waals surface area contributed by atoms with Crippen LogP contribution in [0.5, 0.6) is 0 Å². The molecule has 1 aliphatic rings. The Bertz CT molecular complexity index is 606. The fourth-order valence-electron chi connectivity index (χ4n) is 2.87. The predicted molar refractivity (Wildman–Crippen MR) is 75.7 cm³/mol. The van der Waals surface area contributed by atoms with E-state index in [1.165, 1.54) is 29.1 Å². The van der Waals surface area contributed by atoms with E-state index in [1.54, 1.807) is 0 Å². The van der Waals surface area contributed by atoms with Crippen molar-refractivity contribution in [1.29, 1.82) is 0 Å². The van der Waals surface area contributed by atoms with E-state index in [4.69, 9.17) is 0 Å². The highest BCUT2D eigenvalue weighted by atomic mass is 32.1. The van der Waals surface area contributed by atoms with Crippen LogP contribution in [0.2, 0.25) is 0 Å². The Hall–Kier alpha value is -1.55. The molecule has 0 spiro atoms. The van der Waals surface area contributed by atoms with Gasteiger partial charge in [-0.05, 0) is 54.8 Å². The van der Waals surface area contributed by atoms with Gasteiger partial charge in [0.25, 0.3) is 0 Å². The van der Waals surface area contributed by atoms with Gasteiger partial charge in [0.15, 0.2) is 5.78 Å². The van der Waals surface area contributed by atoms with Crippen LogP contribution in [-0.4, -0.2) is 15.4 Å². The maximum Gasteiger partial charge on any atom is 0.176 e. The predicted octanol–water partition coefficient (Wildman–Crippen LogP) is 3.54. The Morgan fingerprint density at radius 1 is 1.42 bits per heavy atom. The molecule has 1 aromatic heterocycles. The summed E-state index contributed by atoms with van der Waals surface area (Å²) in [7, 11) is 0. The minimum atomic E-state index is 0.189. The fraction of sp³-hybridized carbons (Fsp3) is 0.400. The lowest BCUT2D eigenvalue weighted by molar-refractivity contribution is 0.0974. The molecule has 0 fully saturated rings. The molecule has 2 aromatic rings. The van der Waals surface area contributed by atoms with E-state index < -0.39 is 0 Å². The van der Waals surface area contributed by atoms with Gasteiger partial charge in [-0.25, -0.2) is 0 Å². The van der Waals surface area contributed by atoms with E-state index in [2.05, 4.69) is 33.9 Å². The van der Waals surface area contributed by atoms with Gasteiger partial charge in [-0.1, -0.05) is 28.8 Å². The van der Waals surface area contributed by atoms with Crippen molar-refractivity contribution in [3.05, 3.63) is 46.0 Å². The van der Waals surface area contributed by atoms with E-state index in [9.17, 15) is 4.79 Å². The maximum atomic E-state index is 12.3.